The Hall–Kier alpha value is -0.800. The highest BCUT2D eigenvalue weighted by Crippen LogP contribution is 2.17. The van der Waals surface area contributed by atoms with Gasteiger partial charge in [0.2, 0.25) is 0 Å². The quantitative estimate of drug-likeness (QED) is 0.912. The molecule has 0 saturated carbocycles. The lowest BCUT2D eigenvalue weighted by Crippen LogP contribution is -2.31. The lowest BCUT2D eigenvalue weighted by atomic mass is 10.1. The van der Waals surface area contributed by atoms with Crippen molar-refractivity contribution < 1.29 is 4.74 Å². The van der Waals surface area contributed by atoms with Crippen LogP contribution in [0.4, 0.5) is 0 Å². The number of rotatable bonds is 4. The van der Waals surface area contributed by atoms with Crippen molar-refractivity contribution >= 4 is 15.9 Å². The Kier molecular flexibility index (Phi) is 4.63. The number of benzene rings is 1. The van der Waals surface area contributed by atoms with E-state index in [-0.39, 0.29) is 0 Å². The standard InChI is InChI=1S/C14H18BrNO/c1-11(12-5-7-13(15)8-6-12)16-10-14-4-2-3-9-17-14/h3,5-9,11,14,16H,2,4,10H2,1H3/t11-,14?/m1/s1. The van der Waals surface area contributed by atoms with Crippen molar-refractivity contribution in [2.45, 2.75) is 31.9 Å². The minimum absolute atomic E-state index is 0.317. The Balaban J connectivity index is 1.82. The number of nitrogens with one attached hydrogen (secondary N) is 1. The van der Waals surface area contributed by atoms with E-state index in [0.717, 1.165) is 23.9 Å². The van der Waals surface area contributed by atoms with E-state index in [1.807, 2.05) is 6.26 Å². The molecule has 2 rings (SSSR count). The van der Waals surface area contributed by atoms with Gasteiger partial charge in [-0.15, -0.1) is 0 Å². The lowest BCUT2D eigenvalue weighted by molar-refractivity contribution is 0.120. The van der Waals surface area contributed by atoms with Gasteiger partial charge in [0, 0.05) is 17.1 Å². The molecule has 1 heterocycles. The van der Waals surface area contributed by atoms with Gasteiger partial charge in [0.25, 0.3) is 0 Å². The third kappa shape index (κ3) is 3.86. The second-order valence-corrected chi connectivity index (χ2v) is 5.30. The molecule has 1 aliphatic rings. The highest BCUT2D eigenvalue weighted by Gasteiger charge is 2.12. The van der Waals surface area contributed by atoms with Crippen LogP contribution in [0.3, 0.4) is 0 Å². The molecule has 0 aliphatic carbocycles. The van der Waals surface area contributed by atoms with Crippen molar-refractivity contribution in [2.75, 3.05) is 6.54 Å². The van der Waals surface area contributed by atoms with E-state index in [0.29, 0.717) is 12.1 Å². The van der Waals surface area contributed by atoms with E-state index < -0.39 is 0 Å². The number of hydrogen-bond acceptors (Lipinski definition) is 2. The molecule has 0 saturated heterocycles. The average molecular weight is 296 g/mol. The zero-order valence-corrected chi connectivity index (χ0v) is 11.6. The Morgan fingerprint density at radius 3 is 2.82 bits per heavy atom. The molecule has 0 spiro atoms. The summed E-state index contributed by atoms with van der Waals surface area (Å²) < 4.78 is 6.65. The van der Waals surface area contributed by atoms with Gasteiger partial charge < -0.3 is 10.1 Å². The summed E-state index contributed by atoms with van der Waals surface area (Å²) in [5, 5.41) is 3.51. The summed E-state index contributed by atoms with van der Waals surface area (Å²) in [5.74, 6) is 0. The maximum absolute atomic E-state index is 5.53. The molecule has 2 nitrogen and oxygen atoms in total. The van der Waals surface area contributed by atoms with Gasteiger partial charge in [-0.05, 0) is 43.5 Å². The normalized spacial score (nSPS) is 20.9. The Labute approximate surface area is 111 Å². The van der Waals surface area contributed by atoms with Crippen molar-refractivity contribution in [3.63, 3.8) is 0 Å². The Bertz CT molecular complexity index is 374. The molecule has 1 N–H and O–H groups in total. The molecule has 0 bridgehead atoms. The predicted octanol–water partition coefficient (Wildman–Crippen LogP) is 3.79. The molecular formula is C14H18BrNO. The number of allylic oxidation sites excluding steroid dienone is 1. The number of ether oxygens (including phenoxy) is 1. The van der Waals surface area contributed by atoms with Crippen molar-refractivity contribution in [1.29, 1.82) is 0 Å². The summed E-state index contributed by atoms with van der Waals surface area (Å²) in [6, 6.07) is 8.80. The summed E-state index contributed by atoms with van der Waals surface area (Å²) >= 11 is 3.45. The van der Waals surface area contributed by atoms with Crippen LogP contribution in [0.15, 0.2) is 41.1 Å². The molecule has 1 aromatic rings. The van der Waals surface area contributed by atoms with Crippen LogP contribution >= 0.6 is 15.9 Å². The molecule has 2 atom stereocenters. The van der Waals surface area contributed by atoms with Crippen molar-refractivity contribution in [3.05, 3.63) is 46.6 Å². The smallest absolute Gasteiger partial charge is 0.110 e. The first-order valence-corrected chi connectivity index (χ1v) is 6.84. The molecule has 1 unspecified atom stereocenters. The average Bonchev–Trinajstić information content (AvgIpc) is 2.38. The minimum atomic E-state index is 0.317. The molecule has 0 radical (unpaired) electrons. The fourth-order valence-electron chi connectivity index (χ4n) is 1.91. The van der Waals surface area contributed by atoms with Crippen LogP contribution in [0.25, 0.3) is 0 Å². The van der Waals surface area contributed by atoms with Gasteiger partial charge in [0.15, 0.2) is 0 Å². The minimum Gasteiger partial charge on any atom is -0.497 e. The molecular weight excluding hydrogens is 278 g/mol. The Morgan fingerprint density at radius 2 is 2.18 bits per heavy atom. The second kappa shape index (κ2) is 6.22. The van der Waals surface area contributed by atoms with Gasteiger partial charge in [-0.1, -0.05) is 28.1 Å². The second-order valence-electron chi connectivity index (χ2n) is 4.39. The molecule has 17 heavy (non-hydrogen) atoms. The van der Waals surface area contributed by atoms with Gasteiger partial charge in [-0.2, -0.15) is 0 Å². The van der Waals surface area contributed by atoms with Gasteiger partial charge in [-0.3, -0.25) is 0 Å². The first-order chi connectivity index (χ1) is 8.25. The van der Waals surface area contributed by atoms with Crippen LogP contribution in [0.5, 0.6) is 0 Å². The van der Waals surface area contributed by atoms with E-state index in [9.17, 15) is 0 Å². The first kappa shape index (κ1) is 12.7. The van der Waals surface area contributed by atoms with Crippen LogP contribution in [0, 0.1) is 0 Å². The van der Waals surface area contributed by atoms with E-state index >= 15 is 0 Å². The summed E-state index contributed by atoms with van der Waals surface area (Å²) in [6.45, 7) is 3.09. The largest absolute Gasteiger partial charge is 0.497 e. The first-order valence-electron chi connectivity index (χ1n) is 6.05. The zero-order valence-electron chi connectivity index (χ0n) is 10.0. The summed E-state index contributed by atoms with van der Waals surface area (Å²) in [4.78, 5) is 0. The lowest BCUT2D eigenvalue weighted by Gasteiger charge is -2.22. The van der Waals surface area contributed by atoms with Crippen LogP contribution in [0.1, 0.15) is 31.4 Å². The summed E-state index contributed by atoms with van der Waals surface area (Å²) in [6.07, 6.45) is 6.45. The Morgan fingerprint density at radius 1 is 1.41 bits per heavy atom. The van der Waals surface area contributed by atoms with Gasteiger partial charge in [0.05, 0.1) is 6.26 Å². The molecule has 0 amide bonds. The maximum Gasteiger partial charge on any atom is 0.110 e. The molecule has 1 aliphatic heterocycles. The molecule has 3 heteroatoms. The number of halogens is 1. The van der Waals surface area contributed by atoms with E-state index in [2.05, 4.69) is 58.5 Å². The van der Waals surface area contributed by atoms with Crippen LogP contribution in [-0.4, -0.2) is 12.6 Å². The third-order valence-corrected chi connectivity index (χ3v) is 3.57. The molecule has 0 aromatic heterocycles. The van der Waals surface area contributed by atoms with E-state index in [4.69, 9.17) is 4.74 Å². The molecule has 92 valence electrons. The van der Waals surface area contributed by atoms with Gasteiger partial charge >= 0.3 is 0 Å². The van der Waals surface area contributed by atoms with Crippen molar-refractivity contribution in [3.8, 4) is 0 Å². The fourth-order valence-corrected chi connectivity index (χ4v) is 2.18. The monoisotopic (exact) mass is 295 g/mol. The molecule has 0 fully saturated rings. The van der Waals surface area contributed by atoms with Crippen LogP contribution < -0.4 is 5.32 Å². The fraction of sp³-hybridized carbons (Fsp3) is 0.429. The van der Waals surface area contributed by atoms with Gasteiger partial charge in [0.1, 0.15) is 6.10 Å². The maximum atomic E-state index is 5.53. The highest BCUT2D eigenvalue weighted by atomic mass is 79.9. The third-order valence-electron chi connectivity index (χ3n) is 3.04. The number of hydrogen-bond donors (Lipinski definition) is 1. The topological polar surface area (TPSA) is 21.3 Å². The summed E-state index contributed by atoms with van der Waals surface area (Å²) in [5.41, 5.74) is 1.31. The van der Waals surface area contributed by atoms with Crippen molar-refractivity contribution in [1.82, 2.24) is 5.32 Å². The predicted molar refractivity (Wildman–Crippen MR) is 73.8 cm³/mol. The van der Waals surface area contributed by atoms with Crippen LogP contribution in [0.2, 0.25) is 0 Å². The van der Waals surface area contributed by atoms with Gasteiger partial charge in [-0.25, -0.2) is 0 Å². The summed E-state index contributed by atoms with van der Waals surface area (Å²) in [7, 11) is 0. The zero-order chi connectivity index (χ0) is 12.1. The van der Waals surface area contributed by atoms with Crippen molar-refractivity contribution in [2.24, 2.45) is 0 Å². The molecule has 1 aromatic carbocycles. The van der Waals surface area contributed by atoms with E-state index in [1.165, 1.54) is 5.56 Å². The van der Waals surface area contributed by atoms with Crippen LogP contribution in [-0.2, 0) is 4.74 Å². The van der Waals surface area contributed by atoms with E-state index in [1.54, 1.807) is 0 Å². The highest BCUT2D eigenvalue weighted by molar-refractivity contribution is 9.10. The SMILES string of the molecule is C[C@@H](NCC1CCC=CO1)c1ccc(Br)cc1.